The van der Waals surface area contributed by atoms with Crippen LogP contribution in [0.2, 0.25) is 6.55 Å². The van der Waals surface area contributed by atoms with Gasteiger partial charge in [0.2, 0.25) is 0 Å². The van der Waals surface area contributed by atoms with Gasteiger partial charge in [0.05, 0.1) is 0 Å². The molecule has 0 atom stereocenters. The predicted octanol–water partition coefficient (Wildman–Crippen LogP) is 0.773. The van der Waals surface area contributed by atoms with E-state index < -0.39 is 0 Å². The molecule has 0 amide bonds. The van der Waals surface area contributed by atoms with Crippen molar-refractivity contribution in [2.24, 2.45) is 0 Å². The van der Waals surface area contributed by atoms with Crippen LogP contribution in [0.25, 0.3) is 0 Å². The fraction of sp³-hybridized carbons (Fsp3) is 0.750. The maximum absolute atomic E-state index is 2.30. The molecule has 0 bridgehead atoms. The van der Waals surface area contributed by atoms with Crippen LogP contribution in [-0.4, -0.2) is 9.52 Å². The van der Waals surface area contributed by atoms with Gasteiger partial charge in [0.15, 0.2) is 0 Å². The Balaban J connectivity index is 0. The summed E-state index contributed by atoms with van der Waals surface area (Å²) in [7, 11) is 0.265. The summed E-state index contributed by atoms with van der Waals surface area (Å²) < 4.78 is 0. The minimum absolute atomic E-state index is 0. The van der Waals surface area contributed by atoms with Gasteiger partial charge in [-0.05, 0) is 0 Å². The maximum Gasteiger partial charge on any atom is 0 e. The molecule has 0 aliphatic heterocycles. The van der Waals surface area contributed by atoms with Gasteiger partial charge in [-0.2, -0.15) is 13.8 Å². The van der Waals surface area contributed by atoms with Crippen LogP contribution in [0.3, 0.4) is 0 Å². The summed E-state index contributed by atoms with van der Waals surface area (Å²) in [4.78, 5) is 0. The van der Waals surface area contributed by atoms with Crippen LogP contribution in [0.4, 0.5) is 0 Å². The van der Waals surface area contributed by atoms with E-state index in [9.17, 15) is 0 Å². The van der Waals surface area contributed by atoms with Crippen molar-refractivity contribution in [3.8, 4) is 0 Å². The summed E-state index contributed by atoms with van der Waals surface area (Å²) >= 11 is 0. The number of hydrogen-bond acceptors (Lipinski definition) is 0. The molecule has 0 saturated heterocycles. The van der Waals surface area contributed by atoms with Gasteiger partial charge >= 0.3 is 0 Å². The third kappa shape index (κ3) is 8.92. The molecule has 0 nitrogen and oxygen atoms in total. The Morgan fingerprint density at radius 3 is 1.50 bits per heavy atom. The second kappa shape index (κ2) is 6.10. The molecule has 0 unspecified atom stereocenters. The zero-order valence-corrected chi connectivity index (χ0v) is 8.58. The smallest absolute Gasteiger partial charge is 0 e. The number of hydrogen-bond donors (Lipinski definition) is 0. The fourth-order valence-electron chi connectivity index (χ4n) is 0. The van der Waals surface area contributed by atoms with E-state index in [2.05, 4.69) is 20.4 Å². The van der Waals surface area contributed by atoms with Crippen LogP contribution in [0.5, 0.6) is 0 Å². The second-order valence-electron chi connectivity index (χ2n) is 1.56. The second-order valence-corrected chi connectivity index (χ2v) is 3.68. The Kier molecular flexibility index (Phi) is 10.3. The molecule has 0 aromatic heterocycles. The largest absolute Gasteiger partial charge is 0.324 e. The molecule has 2 heteroatoms. The molecule has 0 radical (unpaired) electrons. The molecule has 0 rings (SSSR count). The standard InChI is InChI=1S/C4H11Si.Zr/c1-4(2)5-3;/h5H2,1-3H3;/q-1;. The maximum atomic E-state index is 2.30. The van der Waals surface area contributed by atoms with Crippen molar-refractivity contribution in [3.05, 3.63) is 5.54 Å². The molecule has 0 aliphatic carbocycles. The van der Waals surface area contributed by atoms with Crippen LogP contribution in [0, 0.1) is 5.54 Å². The van der Waals surface area contributed by atoms with E-state index in [1.807, 2.05) is 0 Å². The molecular weight excluding hydrogens is 167 g/mol. The number of rotatable bonds is 1. The first-order chi connectivity index (χ1) is 2.27. The Labute approximate surface area is 61.7 Å². The quantitative estimate of drug-likeness (QED) is 0.411. The van der Waals surface area contributed by atoms with Crippen LogP contribution in [-0.2, 0) is 26.2 Å². The van der Waals surface area contributed by atoms with Gasteiger partial charge in [-0.1, -0.05) is 0 Å². The molecule has 0 spiro atoms. The van der Waals surface area contributed by atoms with Crippen molar-refractivity contribution in [2.45, 2.75) is 20.4 Å². The fourth-order valence-corrected chi connectivity index (χ4v) is 0. The summed E-state index contributed by atoms with van der Waals surface area (Å²) in [5.41, 5.74) is 1.64. The van der Waals surface area contributed by atoms with Crippen LogP contribution in [0.1, 0.15) is 13.8 Å². The molecule has 6 heavy (non-hydrogen) atoms. The van der Waals surface area contributed by atoms with Crippen LogP contribution < -0.4 is 0 Å². The van der Waals surface area contributed by atoms with E-state index in [1.54, 1.807) is 5.54 Å². The van der Waals surface area contributed by atoms with Crippen molar-refractivity contribution in [2.75, 3.05) is 0 Å². The molecule has 0 fully saturated rings. The first kappa shape index (κ1) is 10.2. The van der Waals surface area contributed by atoms with E-state index in [1.165, 1.54) is 0 Å². The Morgan fingerprint density at radius 1 is 1.33 bits per heavy atom. The third-order valence-electron chi connectivity index (χ3n) is 0.707. The first-order valence-corrected chi connectivity index (χ1v) is 4.18. The van der Waals surface area contributed by atoms with E-state index >= 15 is 0 Å². The minimum Gasteiger partial charge on any atom is -0.324 e. The Hall–Kier alpha value is 1.10. The molecule has 0 aromatic rings. The first-order valence-electron chi connectivity index (χ1n) is 2.06. The topological polar surface area (TPSA) is 0 Å². The van der Waals surface area contributed by atoms with Gasteiger partial charge in [0, 0.05) is 26.2 Å². The average molecular weight is 178 g/mol. The zero-order chi connectivity index (χ0) is 4.28. The summed E-state index contributed by atoms with van der Waals surface area (Å²) in [6.07, 6.45) is 0. The summed E-state index contributed by atoms with van der Waals surface area (Å²) in [6.45, 7) is 6.70. The van der Waals surface area contributed by atoms with Crippen molar-refractivity contribution in [1.82, 2.24) is 0 Å². The van der Waals surface area contributed by atoms with E-state index in [0.29, 0.717) is 0 Å². The predicted molar refractivity (Wildman–Crippen MR) is 29.0 cm³/mol. The average Bonchev–Trinajstić information content (AvgIpc) is 1.38. The summed E-state index contributed by atoms with van der Waals surface area (Å²) in [5.74, 6) is 0. The Morgan fingerprint density at radius 2 is 1.50 bits per heavy atom. The van der Waals surface area contributed by atoms with Gasteiger partial charge in [-0.15, -0.1) is 16.1 Å². The van der Waals surface area contributed by atoms with Crippen LogP contribution in [0.15, 0.2) is 0 Å². The van der Waals surface area contributed by atoms with Gasteiger partial charge < -0.3 is 5.54 Å². The van der Waals surface area contributed by atoms with E-state index in [-0.39, 0.29) is 35.7 Å². The van der Waals surface area contributed by atoms with E-state index in [4.69, 9.17) is 0 Å². The SMILES string of the molecule is C[SiH2][C-](C)C.[Zr]. The van der Waals surface area contributed by atoms with E-state index in [0.717, 1.165) is 0 Å². The van der Waals surface area contributed by atoms with Crippen molar-refractivity contribution >= 4 is 9.52 Å². The Bertz CT molecular complexity index is 21.5. The molecule has 0 heterocycles. The molecular formula is C4H11SiZr-. The zero-order valence-electron chi connectivity index (χ0n) is 4.71. The third-order valence-corrected chi connectivity index (χ3v) is 2.12. The molecule has 0 aromatic carbocycles. The monoisotopic (exact) mass is 177 g/mol. The molecule has 36 valence electrons. The van der Waals surface area contributed by atoms with Crippen molar-refractivity contribution < 1.29 is 26.2 Å². The van der Waals surface area contributed by atoms with Gasteiger partial charge in [-0.3, -0.25) is 0 Å². The normalized spacial score (nSPS) is 10.0. The van der Waals surface area contributed by atoms with Crippen molar-refractivity contribution in [3.63, 3.8) is 0 Å². The summed E-state index contributed by atoms with van der Waals surface area (Å²) in [5, 5.41) is 0. The molecule has 0 N–H and O–H groups in total. The van der Waals surface area contributed by atoms with Crippen LogP contribution >= 0.6 is 0 Å². The molecule has 0 saturated carbocycles. The van der Waals surface area contributed by atoms with Crippen molar-refractivity contribution in [1.29, 1.82) is 0 Å². The van der Waals surface area contributed by atoms with Gasteiger partial charge in [0.25, 0.3) is 0 Å². The minimum atomic E-state index is 0. The molecule has 0 aliphatic rings. The van der Waals surface area contributed by atoms with Gasteiger partial charge in [0.1, 0.15) is 0 Å². The summed E-state index contributed by atoms with van der Waals surface area (Å²) in [6, 6.07) is 0. The van der Waals surface area contributed by atoms with Gasteiger partial charge in [-0.25, -0.2) is 0 Å².